The van der Waals surface area contributed by atoms with E-state index in [-0.39, 0.29) is 0 Å². The highest BCUT2D eigenvalue weighted by Gasteiger charge is 2.07. The normalized spacial score (nSPS) is 12.8. The third-order valence-corrected chi connectivity index (χ3v) is 2.84. The Balaban J connectivity index is 2.69. The lowest BCUT2D eigenvalue weighted by Gasteiger charge is -2.14. The van der Waals surface area contributed by atoms with E-state index in [0.29, 0.717) is 5.92 Å². The van der Waals surface area contributed by atoms with Gasteiger partial charge >= 0.3 is 0 Å². The summed E-state index contributed by atoms with van der Waals surface area (Å²) in [6.07, 6.45) is 3.60. The van der Waals surface area contributed by atoms with Crippen LogP contribution in [0.15, 0.2) is 18.2 Å². The predicted octanol–water partition coefficient (Wildman–Crippen LogP) is 3.22. The molecule has 0 aliphatic carbocycles. The summed E-state index contributed by atoms with van der Waals surface area (Å²) < 4.78 is 0. The van der Waals surface area contributed by atoms with E-state index in [4.69, 9.17) is 5.73 Å². The number of benzene rings is 1. The van der Waals surface area contributed by atoms with Crippen molar-refractivity contribution >= 4 is 0 Å². The van der Waals surface area contributed by atoms with Crippen molar-refractivity contribution in [2.75, 3.05) is 6.54 Å². The first-order chi connectivity index (χ1) is 7.15. The lowest BCUT2D eigenvalue weighted by Crippen LogP contribution is -2.16. The molecule has 0 amide bonds. The molecule has 0 bridgehead atoms. The van der Waals surface area contributed by atoms with E-state index in [1.165, 1.54) is 29.5 Å². The van der Waals surface area contributed by atoms with Crippen LogP contribution in [0.5, 0.6) is 0 Å². The van der Waals surface area contributed by atoms with Gasteiger partial charge in [-0.2, -0.15) is 0 Å². The average Bonchev–Trinajstić information content (AvgIpc) is 2.15. The van der Waals surface area contributed by atoms with Crippen LogP contribution in [0.1, 0.15) is 36.5 Å². The molecule has 1 aromatic rings. The van der Waals surface area contributed by atoms with Gasteiger partial charge in [-0.1, -0.05) is 42.7 Å². The molecule has 0 saturated carbocycles. The average molecular weight is 205 g/mol. The summed E-state index contributed by atoms with van der Waals surface area (Å²) in [6, 6.07) is 6.79. The van der Waals surface area contributed by atoms with Crippen molar-refractivity contribution in [1.29, 1.82) is 0 Å². The zero-order chi connectivity index (χ0) is 11.3. The third kappa shape index (κ3) is 4.05. The molecular weight excluding hydrogens is 182 g/mol. The molecule has 1 rings (SSSR count). The molecule has 1 unspecified atom stereocenters. The summed E-state index contributed by atoms with van der Waals surface area (Å²) in [5.74, 6) is 0.649. The molecule has 0 radical (unpaired) electrons. The Morgan fingerprint density at radius 3 is 2.20 bits per heavy atom. The second-order valence-electron chi connectivity index (χ2n) is 4.59. The molecule has 1 heteroatoms. The van der Waals surface area contributed by atoms with Crippen LogP contribution in [0.3, 0.4) is 0 Å². The lowest BCUT2D eigenvalue weighted by molar-refractivity contribution is 0.487. The molecule has 0 aliphatic heterocycles. The number of aryl methyl sites for hydroxylation is 2. The zero-order valence-corrected chi connectivity index (χ0v) is 10.2. The van der Waals surface area contributed by atoms with Crippen molar-refractivity contribution < 1.29 is 0 Å². The van der Waals surface area contributed by atoms with E-state index in [1.54, 1.807) is 0 Å². The van der Waals surface area contributed by atoms with E-state index >= 15 is 0 Å². The van der Waals surface area contributed by atoms with Crippen molar-refractivity contribution in [3.63, 3.8) is 0 Å². The van der Waals surface area contributed by atoms with Gasteiger partial charge in [0.2, 0.25) is 0 Å². The van der Waals surface area contributed by atoms with Crippen molar-refractivity contribution in [3.05, 3.63) is 34.9 Å². The maximum atomic E-state index is 5.78. The van der Waals surface area contributed by atoms with Gasteiger partial charge in [-0.05, 0) is 44.7 Å². The summed E-state index contributed by atoms with van der Waals surface area (Å²) in [5, 5.41) is 0. The second kappa shape index (κ2) is 5.92. The Hall–Kier alpha value is -0.820. The number of rotatable bonds is 5. The largest absolute Gasteiger partial charge is 0.330 e. The molecule has 2 N–H and O–H groups in total. The molecule has 1 nitrogen and oxygen atoms in total. The first kappa shape index (κ1) is 12.3. The standard InChI is InChI=1S/C14H23N/c1-4-5-13(10-15)9-14-7-11(2)6-12(3)8-14/h6-8,13H,4-5,9-10,15H2,1-3H3. The highest BCUT2D eigenvalue weighted by Crippen LogP contribution is 2.16. The van der Waals surface area contributed by atoms with Crippen molar-refractivity contribution in [2.45, 2.75) is 40.0 Å². The van der Waals surface area contributed by atoms with Crippen LogP contribution in [0.2, 0.25) is 0 Å². The van der Waals surface area contributed by atoms with Gasteiger partial charge in [0.25, 0.3) is 0 Å². The quantitative estimate of drug-likeness (QED) is 0.784. The molecule has 1 aromatic carbocycles. The number of hydrogen-bond donors (Lipinski definition) is 1. The Morgan fingerprint density at radius 1 is 1.13 bits per heavy atom. The molecule has 84 valence electrons. The van der Waals surface area contributed by atoms with Crippen molar-refractivity contribution in [1.82, 2.24) is 0 Å². The smallest absolute Gasteiger partial charge is 0.00457 e. The topological polar surface area (TPSA) is 26.0 Å². The molecule has 0 spiro atoms. The van der Waals surface area contributed by atoms with Crippen molar-refractivity contribution in [3.8, 4) is 0 Å². The van der Waals surface area contributed by atoms with Crippen LogP contribution in [0, 0.1) is 19.8 Å². The molecule has 0 aliphatic rings. The summed E-state index contributed by atoms with van der Waals surface area (Å²) >= 11 is 0. The van der Waals surface area contributed by atoms with Gasteiger partial charge in [-0.3, -0.25) is 0 Å². The van der Waals surface area contributed by atoms with Crippen LogP contribution in [0.4, 0.5) is 0 Å². The third-order valence-electron chi connectivity index (χ3n) is 2.84. The minimum absolute atomic E-state index is 0.649. The monoisotopic (exact) mass is 205 g/mol. The first-order valence-electron chi connectivity index (χ1n) is 5.93. The maximum absolute atomic E-state index is 5.78. The summed E-state index contributed by atoms with van der Waals surface area (Å²) in [6.45, 7) is 7.35. The molecule has 1 atom stereocenters. The van der Waals surface area contributed by atoms with Gasteiger partial charge in [-0.15, -0.1) is 0 Å². The van der Waals surface area contributed by atoms with Crippen LogP contribution in [-0.2, 0) is 6.42 Å². The fraction of sp³-hybridized carbons (Fsp3) is 0.571. The summed E-state index contributed by atoms with van der Waals surface area (Å²) in [4.78, 5) is 0. The van der Waals surface area contributed by atoms with E-state index in [0.717, 1.165) is 13.0 Å². The molecule has 0 fully saturated rings. The van der Waals surface area contributed by atoms with Gasteiger partial charge in [0.05, 0.1) is 0 Å². The van der Waals surface area contributed by atoms with Crippen LogP contribution < -0.4 is 5.73 Å². The van der Waals surface area contributed by atoms with Gasteiger partial charge in [0.15, 0.2) is 0 Å². The van der Waals surface area contributed by atoms with Crippen LogP contribution >= 0.6 is 0 Å². The van der Waals surface area contributed by atoms with E-state index < -0.39 is 0 Å². The maximum Gasteiger partial charge on any atom is -0.00457 e. The highest BCUT2D eigenvalue weighted by atomic mass is 14.5. The van der Waals surface area contributed by atoms with Crippen molar-refractivity contribution in [2.24, 2.45) is 11.7 Å². The minimum Gasteiger partial charge on any atom is -0.330 e. The van der Waals surface area contributed by atoms with E-state index in [9.17, 15) is 0 Å². The summed E-state index contributed by atoms with van der Waals surface area (Å²) in [7, 11) is 0. The van der Waals surface area contributed by atoms with Gasteiger partial charge < -0.3 is 5.73 Å². The molecule has 0 heterocycles. The zero-order valence-electron chi connectivity index (χ0n) is 10.2. The Kier molecular flexibility index (Phi) is 4.83. The SMILES string of the molecule is CCCC(CN)Cc1cc(C)cc(C)c1. The van der Waals surface area contributed by atoms with Crippen LogP contribution in [0.25, 0.3) is 0 Å². The predicted molar refractivity (Wildman–Crippen MR) is 67.1 cm³/mol. The number of nitrogens with two attached hydrogens (primary N) is 1. The minimum atomic E-state index is 0.649. The van der Waals surface area contributed by atoms with Crippen LogP contribution in [-0.4, -0.2) is 6.54 Å². The molecule has 0 aromatic heterocycles. The molecule has 15 heavy (non-hydrogen) atoms. The van der Waals surface area contributed by atoms with Gasteiger partial charge in [-0.25, -0.2) is 0 Å². The summed E-state index contributed by atoms with van der Waals surface area (Å²) in [5.41, 5.74) is 9.94. The number of hydrogen-bond acceptors (Lipinski definition) is 1. The first-order valence-corrected chi connectivity index (χ1v) is 5.93. The van der Waals surface area contributed by atoms with Gasteiger partial charge in [0, 0.05) is 0 Å². The molecule has 0 saturated heterocycles. The van der Waals surface area contributed by atoms with E-state index in [2.05, 4.69) is 39.0 Å². The Bertz CT molecular complexity index is 284. The van der Waals surface area contributed by atoms with Gasteiger partial charge in [0.1, 0.15) is 0 Å². The Labute approximate surface area is 93.7 Å². The fourth-order valence-corrected chi connectivity index (χ4v) is 2.23. The van der Waals surface area contributed by atoms with E-state index in [1.807, 2.05) is 0 Å². The fourth-order valence-electron chi connectivity index (χ4n) is 2.23. The lowest BCUT2D eigenvalue weighted by atomic mass is 9.93. The highest BCUT2D eigenvalue weighted by molar-refractivity contribution is 5.28. The second-order valence-corrected chi connectivity index (χ2v) is 4.59. The Morgan fingerprint density at radius 2 is 1.73 bits per heavy atom. The molecular formula is C14H23N.